The number of pyridine rings is 1. The summed E-state index contributed by atoms with van der Waals surface area (Å²) in [5.41, 5.74) is 0.739. The van der Waals surface area contributed by atoms with Crippen molar-refractivity contribution < 1.29 is 8.42 Å². The number of hydrogen-bond donors (Lipinski definition) is 2. The average molecular weight is 299 g/mol. The molecule has 2 aromatic rings. The van der Waals surface area contributed by atoms with Crippen molar-refractivity contribution in [1.82, 2.24) is 4.98 Å². The highest BCUT2D eigenvalue weighted by Crippen LogP contribution is 2.19. The summed E-state index contributed by atoms with van der Waals surface area (Å²) in [6.07, 6.45) is 1.11. The first-order valence-corrected chi connectivity index (χ1v) is 7.23. The standard InChI is InChI=1S/C12H11ClN2O3S/c1-8-4-2-3-5-11(8)15-19(17,18)9-6-10(13)12(16)14-7-9/h2-7,15H,1H3,(H,14,16). The van der Waals surface area contributed by atoms with Crippen molar-refractivity contribution in [1.29, 1.82) is 0 Å². The minimum absolute atomic E-state index is 0.0969. The van der Waals surface area contributed by atoms with Crippen LogP contribution in [-0.2, 0) is 10.0 Å². The zero-order valence-corrected chi connectivity index (χ0v) is 11.5. The zero-order valence-electron chi connectivity index (χ0n) is 9.98. The molecule has 100 valence electrons. The molecule has 0 amide bonds. The summed E-state index contributed by atoms with van der Waals surface area (Å²) in [4.78, 5) is 13.3. The molecule has 5 nitrogen and oxygen atoms in total. The molecular formula is C12H11ClN2O3S. The predicted octanol–water partition coefficient (Wildman–Crippen LogP) is 2.14. The molecule has 0 saturated carbocycles. The van der Waals surface area contributed by atoms with Crippen LogP contribution >= 0.6 is 11.6 Å². The first-order chi connectivity index (χ1) is 8.90. The molecule has 0 aliphatic heterocycles. The summed E-state index contributed by atoms with van der Waals surface area (Å²) in [5.74, 6) is 0. The van der Waals surface area contributed by atoms with Gasteiger partial charge in [-0.2, -0.15) is 0 Å². The lowest BCUT2D eigenvalue weighted by Gasteiger charge is -2.10. The molecule has 7 heteroatoms. The third-order valence-corrected chi connectivity index (χ3v) is 4.16. The Morgan fingerprint density at radius 3 is 2.58 bits per heavy atom. The van der Waals surface area contributed by atoms with Crippen molar-refractivity contribution in [2.24, 2.45) is 0 Å². The summed E-state index contributed by atoms with van der Waals surface area (Å²) in [6, 6.07) is 8.09. The van der Waals surface area contributed by atoms with Crippen LogP contribution in [0.3, 0.4) is 0 Å². The highest BCUT2D eigenvalue weighted by molar-refractivity contribution is 7.92. The number of hydrogen-bond acceptors (Lipinski definition) is 3. The van der Waals surface area contributed by atoms with E-state index < -0.39 is 15.6 Å². The van der Waals surface area contributed by atoms with Gasteiger partial charge in [-0.3, -0.25) is 9.52 Å². The number of benzene rings is 1. The third-order valence-electron chi connectivity index (χ3n) is 2.53. The molecule has 0 unspecified atom stereocenters. The fourth-order valence-electron chi connectivity index (χ4n) is 1.48. The van der Waals surface area contributed by atoms with E-state index in [1.54, 1.807) is 25.1 Å². The predicted molar refractivity (Wildman–Crippen MR) is 74.1 cm³/mol. The van der Waals surface area contributed by atoms with Gasteiger partial charge < -0.3 is 4.98 Å². The van der Waals surface area contributed by atoms with Crippen LogP contribution in [0.25, 0.3) is 0 Å². The quantitative estimate of drug-likeness (QED) is 0.911. The van der Waals surface area contributed by atoms with Gasteiger partial charge in [0.1, 0.15) is 9.92 Å². The maximum absolute atomic E-state index is 12.1. The molecule has 19 heavy (non-hydrogen) atoms. The maximum atomic E-state index is 12.1. The maximum Gasteiger partial charge on any atom is 0.266 e. The van der Waals surface area contributed by atoms with Crippen LogP contribution in [0.1, 0.15) is 5.56 Å². The van der Waals surface area contributed by atoms with E-state index in [2.05, 4.69) is 9.71 Å². The molecule has 1 aromatic carbocycles. The third kappa shape index (κ3) is 2.97. The molecule has 0 atom stereocenters. The Kier molecular flexibility index (Phi) is 3.64. The van der Waals surface area contributed by atoms with E-state index in [1.807, 2.05) is 6.07 Å². The fourth-order valence-corrected chi connectivity index (χ4v) is 2.84. The number of halogens is 1. The van der Waals surface area contributed by atoms with Gasteiger partial charge in [0.05, 0.1) is 5.69 Å². The second kappa shape index (κ2) is 5.07. The largest absolute Gasteiger partial charge is 0.326 e. The minimum atomic E-state index is -3.78. The van der Waals surface area contributed by atoms with Gasteiger partial charge in [0, 0.05) is 6.20 Å². The molecule has 1 aromatic heterocycles. The van der Waals surface area contributed by atoms with Crippen LogP contribution in [0.5, 0.6) is 0 Å². The Hall–Kier alpha value is -1.79. The number of aromatic amines is 1. The molecule has 2 rings (SSSR count). The van der Waals surface area contributed by atoms with Crippen molar-refractivity contribution >= 4 is 27.3 Å². The van der Waals surface area contributed by atoms with Crippen LogP contribution in [0.15, 0.2) is 46.2 Å². The van der Waals surface area contributed by atoms with Crippen LogP contribution in [0, 0.1) is 6.92 Å². The summed E-state index contributed by atoms with van der Waals surface area (Å²) in [6.45, 7) is 1.79. The van der Waals surface area contributed by atoms with E-state index in [0.29, 0.717) is 5.69 Å². The molecular weight excluding hydrogens is 288 g/mol. The first-order valence-electron chi connectivity index (χ1n) is 5.37. The topological polar surface area (TPSA) is 79.0 Å². The molecule has 0 saturated heterocycles. The normalized spacial score (nSPS) is 11.3. The lowest BCUT2D eigenvalue weighted by Crippen LogP contribution is -2.16. The van der Waals surface area contributed by atoms with Gasteiger partial charge in [0.25, 0.3) is 15.6 Å². The summed E-state index contributed by atoms with van der Waals surface area (Å²) in [5, 5.41) is -0.173. The van der Waals surface area contributed by atoms with Gasteiger partial charge in [-0.05, 0) is 24.6 Å². The number of nitrogens with one attached hydrogen (secondary N) is 2. The molecule has 0 spiro atoms. The summed E-state index contributed by atoms with van der Waals surface area (Å²) < 4.78 is 26.7. The van der Waals surface area contributed by atoms with Crippen LogP contribution in [-0.4, -0.2) is 13.4 Å². The van der Waals surface area contributed by atoms with E-state index in [0.717, 1.165) is 17.8 Å². The number of aromatic nitrogens is 1. The monoisotopic (exact) mass is 298 g/mol. The number of sulfonamides is 1. The number of rotatable bonds is 3. The van der Waals surface area contributed by atoms with E-state index in [9.17, 15) is 13.2 Å². The Morgan fingerprint density at radius 2 is 1.95 bits per heavy atom. The van der Waals surface area contributed by atoms with Gasteiger partial charge in [-0.15, -0.1) is 0 Å². The van der Waals surface area contributed by atoms with Gasteiger partial charge in [-0.25, -0.2) is 8.42 Å². The number of aryl methyl sites for hydroxylation is 1. The minimum Gasteiger partial charge on any atom is -0.326 e. The van der Waals surface area contributed by atoms with Crippen LogP contribution in [0.2, 0.25) is 5.02 Å². The first kappa shape index (κ1) is 13.6. The molecule has 0 fully saturated rings. The smallest absolute Gasteiger partial charge is 0.266 e. The zero-order chi connectivity index (χ0) is 14.0. The molecule has 1 heterocycles. The Bertz CT molecular complexity index is 769. The average Bonchev–Trinajstić information content (AvgIpc) is 2.35. The molecule has 0 bridgehead atoms. The highest BCUT2D eigenvalue weighted by Gasteiger charge is 2.16. The van der Waals surface area contributed by atoms with Crippen molar-refractivity contribution in [3.8, 4) is 0 Å². The summed E-state index contributed by atoms with van der Waals surface area (Å²) in [7, 11) is -3.78. The Morgan fingerprint density at radius 1 is 1.26 bits per heavy atom. The van der Waals surface area contributed by atoms with Crippen molar-refractivity contribution in [3.05, 3.63) is 57.5 Å². The number of H-pyrrole nitrogens is 1. The lowest BCUT2D eigenvalue weighted by molar-refractivity contribution is 0.600. The lowest BCUT2D eigenvalue weighted by atomic mass is 10.2. The van der Waals surface area contributed by atoms with E-state index in [1.165, 1.54) is 0 Å². The molecule has 2 N–H and O–H groups in total. The van der Waals surface area contributed by atoms with Gasteiger partial charge in [0.2, 0.25) is 0 Å². The van der Waals surface area contributed by atoms with E-state index in [4.69, 9.17) is 11.6 Å². The fraction of sp³-hybridized carbons (Fsp3) is 0.0833. The van der Waals surface area contributed by atoms with Gasteiger partial charge >= 0.3 is 0 Å². The highest BCUT2D eigenvalue weighted by atomic mass is 35.5. The number of para-hydroxylation sites is 1. The summed E-state index contributed by atoms with van der Waals surface area (Å²) >= 11 is 5.62. The number of anilines is 1. The Labute approximate surface area is 115 Å². The van der Waals surface area contributed by atoms with Crippen molar-refractivity contribution in [2.75, 3.05) is 4.72 Å². The van der Waals surface area contributed by atoms with Gasteiger partial charge in [0.15, 0.2) is 0 Å². The van der Waals surface area contributed by atoms with E-state index >= 15 is 0 Å². The second-order valence-corrected chi connectivity index (χ2v) is 6.02. The van der Waals surface area contributed by atoms with Crippen molar-refractivity contribution in [2.45, 2.75) is 11.8 Å². The van der Waals surface area contributed by atoms with E-state index in [-0.39, 0.29) is 9.92 Å². The SMILES string of the molecule is Cc1ccccc1NS(=O)(=O)c1c[nH]c(=O)c(Cl)c1. The molecule has 0 aliphatic rings. The van der Waals surface area contributed by atoms with Crippen LogP contribution in [0.4, 0.5) is 5.69 Å². The molecule has 0 aliphatic carbocycles. The second-order valence-electron chi connectivity index (χ2n) is 3.93. The van der Waals surface area contributed by atoms with Crippen molar-refractivity contribution in [3.63, 3.8) is 0 Å². The Balaban J connectivity index is 2.41. The van der Waals surface area contributed by atoms with Crippen LogP contribution < -0.4 is 10.3 Å². The van der Waals surface area contributed by atoms with Gasteiger partial charge in [-0.1, -0.05) is 29.8 Å². The molecule has 0 radical (unpaired) electrons.